The first-order valence-electron chi connectivity index (χ1n) is 7.28. The summed E-state index contributed by atoms with van der Waals surface area (Å²) in [4.78, 5) is 16.0. The van der Waals surface area contributed by atoms with Gasteiger partial charge >= 0.3 is 5.97 Å². The summed E-state index contributed by atoms with van der Waals surface area (Å²) in [5, 5.41) is 8.93. The van der Waals surface area contributed by atoms with Crippen molar-refractivity contribution in [3.05, 3.63) is 71.6 Å². The summed E-state index contributed by atoms with van der Waals surface area (Å²) >= 11 is 0. The topological polar surface area (TPSA) is 80.4 Å². The molecule has 0 radical (unpaired) electrons. The third-order valence-electron chi connectivity index (χ3n) is 3.55. The average molecular weight is 341 g/mol. The highest BCUT2D eigenvalue weighted by atomic mass is 32.2. The molecule has 0 amide bonds. The van der Waals surface area contributed by atoms with E-state index in [1.165, 1.54) is 12.1 Å². The van der Waals surface area contributed by atoms with Crippen LogP contribution in [0.25, 0.3) is 11.5 Å². The van der Waals surface area contributed by atoms with E-state index < -0.39 is 16.8 Å². The molecular formula is C18H15NO4S. The van der Waals surface area contributed by atoms with Crippen LogP contribution in [-0.2, 0) is 16.6 Å². The molecule has 24 heavy (non-hydrogen) atoms. The van der Waals surface area contributed by atoms with Crippen molar-refractivity contribution < 1.29 is 18.5 Å². The van der Waals surface area contributed by atoms with E-state index in [1.54, 1.807) is 19.1 Å². The van der Waals surface area contributed by atoms with Crippen LogP contribution >= 0.6 is 0 Å². The number of oxazole rings is 1. The number of rotatable bonds is 5. The number of aromatic carboxylic acids is 1. The first-order chi connectivity index (χ1) is 11.5. The van der Waals surface area contributed by atoms with Gasteiger partial charge in [-0.3, -0.25) is 4.21 Å². The van der Waals surface area contributed by atoms with Gasteiger partial charge in [-0.2, -0.15) is 0 Å². The third-order valence-corrected chi connectivity index (χ3v) is 4.88. The smallest absolute Gasteiger partial charge is 0.335 e. The lowest BCUT2D eigenvalue weighted by Crippen LogP contribution is -1.98. The molecule has 1 heterocycles. The molecule has 0 aliphatic heterocycles. The van der Waals surface area contributed by atoms with Crippen LogP contribution in [-0.4, -0.2) is 20.3 Å². The summed E-state index contributed by atoms with van der Waals surface area (Å²) in [7, 11) is -1.20. The normalized spacial score (nSPS) is 12.0. The quantitative estimate of drug-likeness (QED) is 0.766. The second-order valence-corrected chi connectivity index (χ2v) is 6.66. The van der Waals surface area contributed by atoms with E-state index >= 15 is 0 Å². The average Bonchev–Trinajstić information content (AvgIpc) is 2.96. The van der Waals surface area contributed by atoms with Crippen molar-refractivity contribution in [3.63, 3.8) is 0 Å². The molecule has 1 N–H and O–H groups in total. The van der Waals surface area contributed by atoms with Crippen LogP contribution in [0.5, 0.6) is 0 Å². The first kappa shape index (κ1) is 16.1. The van der Waals surface area contributed by atoms with Gasteiger partial charge < -0.3 is 9.52 Å². The zero-order valence-corrected chi connectivity index (χ0v) is 13.7. The number of nitrogens with zero attached hydrogens (tertiary/aromatic N) is 1. The maximum Gasteiger partial charge on any atom is 0.335 e. The number of aryl methyl sites for hydroxylation is 1. The fourth-order valence-electron chi connectivity index (χ4n) is 2.22. The summed E-state index contributed by atoms with van der Waals surface area (Å²) in [6, 6.07) is 15.5. The maximum atomic E-state index is 12.4. The van der Waals surface area contributed by atoms with Gasteiger partial charge in [0.2, 0.25) is 5.89 Å². The van der Waals surface area contributed by atoms with Gasteiger partial charge in [0, 0.05) is 10.5 Å². The van der Waals surface area contributed by atoms with Gasteiger partial charge in [-0.05, 0) is 43.3 Å². The summed E-state index contributed by atoms with van der Waals surface area (Å²) in [5.74, 6) is 0.289. The molecule has 0 unspecified atom stereocenters. The first-order valence-corrected chi connectivity index (χ1v) is 8.60. The molecule has 0 bridgehead atoms. The van der Waals surface area contributed by atoms with Crippen molar-refractivity contribution in [1.29, 1.82) is 0 Å². The zero-order chi connectivity index (χ0) is 17.1. The highest BCUT2D eigenvalue weighted by Gasteiger charge is 2.15. The van der Waals surface area contributed by atoms with Crippen LogP contribution in [0.15, 0.2) is 63.9 Å². The Kier molecular flexibility index (Phi) is 4.57. The lowest BCUT2D eigenvalue weighted by molar-refractivity contribution is 0.0697. The minimum atomic E-state index is -1.20. The minimum Gasteiger partial charge on any atom is -0.478 e. The van der Waals surface area contributed by atoms with E-state index in [9.17, 15) is 9.00 Å². The minimum absolute atomic E-state index is 0.201. The van der Waals surface area contributed by atoms with Crippen LogP contribution in [0.1, 0.15) is 21.8 Å². The highest BCUT2D eigenvalue weighted by Crippen LogP contribution is 2.24. The van der Waals surface area contributed by atoms with Gasteiger partial charge in [-0.1, -0.05) is 18.2 Å². The van der Waals surface area contributed by atoms with E-state index in [2.05, 4.69) is 4.98 Å². The van der Waals surface area contributed by atoms with Gasteiger partial charge in [-0.15, -0.1) is 0 Å². The molecule has 0 aliphatic carbocycles. The Balaban J connectivity index is 1.82. The predicted octanol–water partition coefficient (Wildman–Crippen LogP) is 3.66. The predicted molar refractivity (Wildman–Crippen MR) is 90.2 cm³/mol. The maximum absolute atomic E-state index is 12.4. The summed E-state index contributed by atoms with van der Waals surface area (Å²) < 4.78 is 18.0. The van der Waals surface area contributed by atoms with Gasteiger partial charge in [-0.25, -0.2) is 9.78 Å². The van der Waals surface area contributed by atoms with Crippen LogP contribution in [0, 0.1) is 6.92 Å². The zero-order valence-electron chi connectivity index (χ0n) is 12.9. The number of hydrogen-bond donors (Lipinski definition) is 1. The Labute approximate surface area is 141 Å². The van der Waals surface area contributed by atoms with Crippen molar-refractivity contribution in [2.75, 3.05) is 0 Å². The van der Waals surface area contributed by atoms with Crippen LogP contribution < -0.4 is 0 Å². The van der Waals surface area contributed by atoms with E-state index in [-0.39, 0.29) is 11.3 Å². The van der Waals surface area contributed by atoms with Crippen molar-refractivity contribution in [3.8, 4) is 11.5 Å². The second-order valence-electron chi connectivity index (χ2n) is 5.21. The fourth-order valence-corrected chi connectivity index (χ4v) is 3.36. The van der Waals surface area contributed by atoms with E-state index in [4.69, 9.17) is 9.52 Å². The number of benzene rings is 2. The molecule has 1 aromatic heterocycles. The highest BCUT2D eigenvalue weighted by molar-refractivity contribution is 7.84. The summed E-state index contributed by atoms with van der Waals surface area (Å²) in [6.07, 6.45) is 0. The fraction of sp³-hybridized carbons (Fsp3) is 0.111. The van der Waals surface area contributed by atoms with E-state index in [1.807, 2.05) is 30.3 Å². The van der Waals surface area contributed by atoms with E-state index in [0.29, 0.717) is 22.9 Å². The Bertz CT molecular complexity index is 885. The molecule has 3 aromatic rings. The Morgan fingerprint density at radius 3 is 2.42 bits per heavy atom. The van der Waals surface area contributed by atoms with Crippen LogP contribution in [0.3, 0.4) is 0 Å². The lowest BCUT2D eigenvalue weighted by atomic mass is 10.1. The Hall–Kier alpha value is -2.73. The summed E-state index contributed by atoms with van der Waals surface area (Å²) in [6.45, 7) is 1.78. The number of carboxylic acids is 1. The van der Waals surface area contributed by atoms with Crippen LogP contribution in [0.2, 0.25) is 0 Å². The molecule has 6 heteroatoms. The van der Waals surface area contributed by atoms with Crippen molar-refractivity contribution in [1.82, 2.24) is 4.98 Å². The molecule has 5 nitrogen and oxygen atoms in total. The lowest BCUT2D eigenvalue weighted by Gasteiger charge is -1.99. The molecule has 0 saturated heterocycles. The molecule has 3 rings (SSSR count). The molecule has 0 saturated carbocycles. The standard InChI is InChI=1S/C18H15NO4S/c1-12-16(11-24(22)15-5-3-2-4-6-15)19-17(23-12)13-7-9-14(10-8-13)18(20)21/h2-10H,11H2,1H3,(H,20,21)/t24-/m1/s1. The SMILES string of the molecule is Cc1oc(-c2ccc(C(=O)O)cc2)nc1C[S@@](=O)c1ccccc1. The van der Waals surface area contributed by atoms with Crippen molar-refractivity contribution in [2.45, 2.75) is 17.6 Å². The molecule has 0 fully saturated rings. The van der Waals surface area contributed by atoms with Crippen LogP contribution in [0.4, 0.5) is 0 Å². The molecule has 0 aliphatic rings. The second kappa shape index (κ2) is 6.80. The number of hydrogen-bond acceptors (Lipinski definition) is 4. The van der Waals surface area contributed by atoms with Gasteiger partial charge in [0.15, 0.2) is 0 Å². The van der Waals surface area contributed by atoms with Crippen molar-refractivity contribution >= 4 is 16.8 Å². The number of carboxylic acid groups (broad SMARTS) is 1. The molecule has 0 spiro atoms. The van der Waals surface area contributed by atoms with Gasteiger partial charge in [0.1, 0.15) is 5.76 Å². The van der Waals surface area contributed by atoms with Gasteiger partial charge in [0.05, 0.1) is 27.8 Å². The largest absolute Gasteiger partial charge is 0.478 e. The monoisotopic (exact) mass is 341 g/mol. The number of carbonyl (C=O) groups is 1. The Morgan fingerprint density at radius 2 is 1.79 bits per heavy atom. The number of aromatic nitrogens is 1. The molecule has 1 atom stereocenters. The Morgan fingerprint density at radius 1 is 1.12 bits per heavy atom. The third kappa shape index (κ3) is 3.44. The summed E-state index contributed by atoms with van der Waals surface area (Å²) in [5.41, 5.74) is 1.52. The van der Waals surface area contributed by atoms with Crippen molar-refractivity contribution in [2.24, 2.45) is 0 Å². The van der Waals surface area contributed by atoms with Gasteiger partial charge in [0.25, 0.3) is 0 Å². The van der Waals surface area contributed by atoms with E-state index in [0.717, 1.165) is 4.90 Å². The molecular weight excluding hydrogens is 326 g/mol. The molecule has 122 valence electrons. The molecule has 2 aromatic carbocycles.